The van der Waals surface area contributed by atoms with Crippen LogP contribution in [0.2, 0.25) is 0 Å². The van der Waals surface area contributed by atoms with Crippen LogP contribution in [0, 0.1) is 5.92 Å². The summed E-state index contributed by atoms with van der Waals surface area (Å²) in [6, 6.07) is 6.17. The van der Waals surface area contributed by atoms with Gasteiger partial charge in [0, 0.05) is 30.9 Å². The largest absolute Gasteiger partial charge is 0.497 e. The lowest BCUT2D eigenvalue weighted by Gasteiger charge is -2.37. The van der Waals surface area contributed by atoms with Gasteiger partial charge in [-0.25, -0.2) is 0 Å². The minimum Gasteiger partial charge on any atom is -0.497 e. The van der Waals surface area contributed by atoms with Crippen LogP contribution in [-0.2, 0) is 11.3 Å². The quantitative estimate of drug-likeness (QED) is 0.814. The van der Waals surface area contributed by atoms with E-state index in [9.17, 15) is 4.79 Å². The van der Waals surface area contributed by atoms with Crippen molar-refractivity contribution >= 4 is 11.6 Å². The van der Waals surface area contributed by atoms with Crippen LogP contribution in [0.4, 0.5) is 5.69 Å². The second-order valence-electron chi connectivity index (χ2n) is 5.57. The molecule has 1 aliphatic heterocycles. The first-order valence-corrected chi connectivity index (χ1v) is 6.96. The zero-order chi connectivity index (χ0) is 14.7. The Morgan fingerprint density at radius 2 is 2.15 bits per heavy atom. The molecule has 1 aliphatic rings. The third-order valence-corrected chi connectivity index (χ3v) is 4.02. The van der Waals surface area contributed by atoms with E-state index in [-0.39, 0.29) is 11.8 Å². The molecule has 5 heteroatoms. The fourth-order valence-electron chi connectivity index (χ4n) is 2.76. The molecule has 0 spiro atoms. The number of piperidine rings is 1. The first kappa shape index (κ1) is 14.7. The summed E-state index contributed by atoms with van der Waals surface area (Å²) >= 11 is 0. The van der Waals surface area contributed by atoms with E-state index in [1.165, 1.54) is 0 Å². The van der Waals surface area contributed by atoms with Gasteiger partial charge >= 0.3 is 0 Å². The Balaban J connectivity index is 2.11. The summed E-state index contributed by atoms with van der Waals surface area (Å²) in [6.07, 6.45) is 1.88. The van der Waals surface area contributed by atoms with Crippen LogP contribution in [0.5, 0.6) is 5.75 Å². The Kier molecular flexibility index (Phi) is 4.49. The Bertz CT molecular complexity index is 490. The minimum absolute atomic E-state index is 0.0471. The number of carbonyl (C=O) groups is 1. The molecule has 1 heterocycles. The number of methoxy groups -OCH3 is 1. The molecule has 1 saturated heterocycles. The number of hydrogen-bond donors (Lipinski definition) is 2. The van der Waals surface area contributed by atoms with Gasteiger partial charge in [-0.15, -0.1) is 0 Å². The highest BCUT2D eigenvalue weighted by molar-refractivity contribution is 5.77. The first-order valence-electron chi connectivity index (χ1n) is 6.96. The maximum absolute atomic E-state index is 11.4. The number of benzene rings is 1. The van der Waals surface area contributed by atoms with Gasteiger partial charge in [-0.1, -0.05) is 0 Å². The monoisotopic (exact) mass is 277 g/mol. The number of nitrogens with two attached hydrogens (primary N) is 2. The number of nitrogen functional groups attached to an aromatic ring is 1. The lowest BCUT2D eigenvalue weighted by molar-refractivity contribution is -0.124. The molecule has 0 aliphatic carbocycles. The van der Waals surface area contributed by atoms with E-state index < -0.39 is 0 Å². The molecule has 1 aromatic rings. The van der Waals surface area contributed by atoms with E-state index in [2.05, 4.69) is 11.8 Å². The second-order valence-corrected chi connectivity index (χ2v) is 5.57. The summed E-state index contributed by atoms with van der Waals surface area (Å²) in [4.78, 5) is 13.7. The highest BCUT2D eigenvalue weighted by atomic mass is 16.5. The van der Waals surface area contributed by atoms with Gasteiger partial charge in [0.25, 0.3) is 0 Å². The van der Waals surface area contributed by atoms with Gasteiger partial charge in [0.05, 0.1) is 13.0 Å². The predicted octanol–water partition coefficient (Wildman–Crippen LogP) is 1.36. The molecule has 1 amide bonds. The van der Waals surface area contributed by atoms with Crippen LogP contribution in [0.3, 0.4) is 0 Å². The summed E-state index contributed by atoms with van der Waals surface area (Å²) in [5, 5.41) is 0. The maximum Gasteiger partial charge on any atom is 0.221 e. The molecule has 0 aromatic heterocycles. The number of anilines is 1. The predicted molar refractivity (Wildman–Crippen MR) is 79.2 cm³/mol. The van der Waals surface area contributed by atoms with Gasteiger partial charge < -0.3 is 16.2 Å². The number of primary amides is 1. The summed E-state index contributed by atoms with van der Waals surface area (Å²) in [6.45, 7) is 3.65. The smallest absolute Gasteiger partial charge is 0.221 e. The van der Waals surface area contributed by atoms with E-state index >= 15 is 0 Å². The third kappa shape index (κ3) is 3.42. The molecule has 2 unspecified atom stereocenters. The highest BCUT2D eigenvalue weighted by Gasteiger charge is 2.28. The van der Waals surface area contributed by atoms with Crippen LogP contribution in [0.15, 0.2) is 18.2 Å². The molecule has 1 fully saturated rings. The van der Waals surface area contributed by atoms with Crippen LogP contribution in [-0.4, -0.2) is 30.5 Å². The molecule has 0 bridgehead atoms. The lowest BCUT2D eigenvalue weighted by atomic mass is 9.92. The first-order chi connectivity index (χ1) is 9.49. The lowest BCUT2D eigenvalue weighted by Crippen LogP contribution is -2.45. The number of nitrogens with zero attached hydrogens (tertiary/aromatic N) is 1. The number of hydrogen-bond acceptors (Lipinski definition) is 4. The van der Waals surface area contributed by atoms with Crippen molar-refractivity contribution in [2.75, 3.05) is 19.4 Å². The topological polar surface area (TPSA) is 81.6 Å². The Morgan fingerprint density at radius 3 is 2.80 bits per heavy atom. The van der Waals surface area contributed by atoms with Crippen LogP contribution >= 0.6 is 0 Å². The van der Waals surface area contributed by atoms with Gasteiger partial charge in [-0.05, 0) is 37.5 Å². The number of carbonyl (C=O) groups excluding carboxylic acids is 1. The number of rotatable bonds is 4. The zero-order valence-electron chi connectivity index (χ0n) is 12.1. The molecule has 0 radical (unpaired) electrons. The molecule has 2 atom stereocenters. The molecule has 110 valence electrons. The van der Waals surface area contributed by atoms with Crippen molar-refractivity contribution in [3.05, 3.63) is 23.8 Å². The van der Waals surface area contributed by atoms with Gasteiger partial charge in [0.15, 0.2) is 0 Å². The summed E-state index contributed by atoms with van der Waals surface area (Å²) in [5.41, 5.74) is 13.1. The van der Waals surface area contributed by atoms with Crippen LogP contribution in [0.1, 0.15) is 25.3 Å². The van der Waals surface area contributed by atoms with Gasteiger partial charge in [-0.2, -0.15) is 0 Å². The molecule has 0 saturated carbocycles. The number of ether oxygens (including phenoxy) is 1. The van der Waals surface area contributed by atoms with Crippen molar-refractivity contribution in [1.29, 1.82) is 0 Å². The molecule has 20 heavy (non-hydrogen) atoms. The van der Waals surface area contributed by atoms with Crippen molar-refractivity contribution in [2.24, 2.45) is 11.7 Å². The van der Waals surface area contributed by atoms with E-state index in [1.54, 1.807) is 13.2 Å². The average molecular weight is 277 g/mol. The fourth-order valence-corrected chi connectivity index (χ4v) is 2.76. The molecule has 2 rings (SSSR count). The molecule has 5 nitrogen and oxygen atoms in total. The Labute approximate surface area is 119 Å². The van der Waals surface area contributed by atoms with Crippen molar-refractivity contribution < 1.29 is 9.53 Å². The van der Waals surface area contributed by atoms with Gasteiger partial charge in [-0.3, -0.25) is 9.69 Å². The third-order valence-electron chi connectivity index (χ3n) is 4.02. The summed E-state index contributed by atoms with van der Waals surface area (Å²) < 4.78 is 5.24. The van der Waals surface area contributed by atoms with E-state index in [0.717, 1.165) is 30.7 Å². The Morgan fingerprint density at radius 1 is 1.40 bits per heavy atom. The molecule has 1 aromatic carbocycles. The van der Waals surface area contributed by atoms with Gasteiger partial charge in [0.1, 0.15) is 5.75 Å². The van der Waals surface area contributed by atoms with Crippen LogP contribution in [0.25, 0.3) is 0 Å². The molecular formula is C15H23N3O2. The van der Waals surface area contributed by atoms with Crippen molar-refractivity contribution in [2.45, 2.75) is 32.4 Å². The number of amides is 1. The van der Waals surface area contributed by atoms with Crippen LogP contribution < -0.4 is 16.2 Å². The second kappa shape index (κ2) is 6.13. The standard InChI is InChI=1S/C15H23N3O2/c1-10-3-4-12(15(17)19)9-18(10)8-11-5-13(16)7-14(6-11)20-2/h5-7,10,12H,3-4,8-9,16H2,1-2H3,(H2,17,19). The average Bonchev–Trinajstić information content (AvgIpc) is 2.40. The summed E-state index contributed by atoms with van der Waals surface area (Å²) in [7, 11) is 1.63. The zero-order valence-corrected chi connectivity index (χ0v) is 12.1. The normalized spacial score (nSPS) is 23.5. The molecule has 4 N–H and O–H groups in total. The number of likely N-dealkylation sites (tertiary alicyclic amines) is 1. The van der Waals surface area contributed by atoms with Crippen molar-refractivity contribution in [1.82, 2.24) is 4.90 Å². The minimum atomic E-state index is -0.202. The van der Waals surface area contributed by atoms with Crippen molar-refractivity contribution in [3.63, 3.8) is 0 Å². The van der Waals surface area contributed by atoms with E-state index in [4.69, 9.17) is 16.2 Å². The van der Waals surface area contributed by atoms with Crippen molar-refractivity contribution in [3.8, 4) is 5.75 Å². The van der Waals surface area contributed by atoms with E-state index in [1.807, 2.05) is 12.1 Å². The summed E-state index contributed by atoms with van der Waals surface area (Å²) in [5.74, 6) is 0.511. The SMILES string of the molecule is COc1cc(N)cc(CN2CC(C(N)=O)CCC2C)c1. The molecular weight excluding hydrogens is 254 g/mol. The fraction of sp³-hybridized carbons (Fsp3) is 0.533. The maximum atomic E-state index is 11.4. The Hall–Kier alpha value is -1.75. The van der Waals surface area contributed by atoms with E-state index in [0.29, 0.717) is 18.3 Å². The van der Waals surface area contributed by atoms with Gasteiger partial charge in [0.2, 0.25) is 5.91 Å². The highest BCUT2D eigenvalue weighted by Crippen LogP contribution is 2.25.